The van der Waals surface area contributed by atoms with Gasteiger partial charge in [0.25, 0.3) is 0 Å². The van der Waals surface area contributed by atoms with Gasteiger partial charge in [-0.3, -0.25) is 9.69 Å². The average molecular weight is 350 g/mol. The van der Waals surface area contributed by atoms with Crippen LogP contribution in [-0.4, -0.2) is 69.3 Å². The molecule has 2 saturated heterocycles. The molecule has 3 heterocycles. The van der Waals surface area contributed by atoms with E-state index in [2.05, 4.69) is 14.9 Å². The lowest BCUT2D eigenvalue weighted by atomic mass is 9.71. The Kier molecular flexibility index (Phi) is 5.42. The topological polar surface area (TPSA) is 69.6 Å². The zero-order valence-corrected chi connectivity index (χ0v) is 15.3. The number of nitrogens with zero attached hydrogens (tertiary/aromatic N) is 4. The highest BCUT2D eigenvalue weighted by molar-refractivity contribution is 7.98. The minimum absolute atomic E-state index is 0.0709. The smallest absolute Gasteiger partial charge is 0.219 e. The van der Waals surface area contributed by atoms with E-state index in [4.69, 9.17) is 0 Å². The molecule has 0 bridgehead atoms. The summed E-state index contributed by atoms with van der Waals surface area (Å²) in [6.07, 6.45) is 8.27. The first-order chi connectivity index (χ1) is 11.5. The standard InChI is InChI=1S/C17H26N4O2S/c1-13(22)21-11-15(23)7-17(12-21)3-5-20(6-4-17)10-14-8-18-16(24-2)19-9-14/h8-9,15,23H,3-7,10-12H2,1-2H3. The molecule has 1 aromatic rings. The molecule has 132 valence electrons. The van der Waals surface area contributed by atoms with Gasteiger partial charge in [-0.2, -0.15) is 0 Å². The largest absolute Gasteiger partial charge is 0.391 e. The van der Waals surface area contributed by atoms with Crippen LogP contribution in [0, 0.1) is 5.41 Å². The lowest BCUT2D eigenvalue weighted by Gasteiger charge is -2.49. The van der Waals surface area contributed by atoms with Gasteiger partial charge in [0.15, 0.2) is 5.16 Å². The number of rotatable bonds is 3. The molecule has 1 atom stereocenters. The molecule has 0 aromatic carbocycles. The van der Waals surface area contributed by atoms with Gasteiger partial charge in [0.1, 0.15) is 0 Å². The molecular formula is C17H26N4O2S. The Bertz CT molecular complexity index is 572. The second-order valence-corrected chi connectivity index (χ2v) is 7.89. The molecule has 7 heteroatoms. The van der Waals surface area contributed by atoms with Crippen molar-refractivity contribution in [2.75, 3.05) is 32.4 Å². The van der Waals surface area contributed by atoms with E-state index < -0.39 is 0 Å². The van der Waals surface area contributed by atoms with E-state index in [1.807, 2.05) is 23.5 Å². The van der Waals surface area contributed by atoms with Crippen LogP contribution in [0.1, 0.15) is 31.7 Å². The fraction of sp³-hybridized carbons (Fsp3) is 0.706. The predicted octanol–water partition coefficient (Wildman–Crippen LogP) is 1.39. The number of likely N-dealkylation sites (tertiary alicyclic amines) is 2. The summed E-state index contributed by atoms with van der Waals surface area (Å²) in [6.45, 7) is 5.72. The van der Waals surface area contributed by atoms with Gasteiger partial charge in [0.2, 0.25) is 5.91 Å². The number of thioether (sulfide) groups is 1. The predicted molar refractivity (Wildman–Crippen MR) is 93.6 cm³/mol. The molecule has 1 aromatic heterocycles. The van der Waals surface area contributed by atoms with Gasteiger partial charge in [-0.25, -0.2) is 9.97 Å². The van der Waals surface area contributed by atoms with Crippen LogP contribution in [0.3, 0.4) is 0 Å². The third-order valence-electron chi connectivity index (χ3n) is 5.26. The van der Waals surface area contributed by atoms with Crippen LogP contribution in [0.4, 0.5) is 0 Å². The molecule has 1 spiro atoms. The average Bonchev–Trinajstić information content (AvgIpc) is 2.57. The van der Waals surface area contributed by atoms with Crippen LogP contribution in [-0.2, 0) is 11.3 Å². The number of carbonyl (C=O) groups excluding carboxylic acids is 1. The number of aliphatic hydroxyl groups is 1. The summed E-state index contributed by atoms with van der Waals surface area (Å²) in [6, 6.07) is 0. The van der Waals surface area contributed by atoms with Gasteiger partial charge >= 0.3 is 0 Å². The van der Waals surface area contributed by atoms with E-state index in [9.17, 15) is 9.90 Å². The van der Waals surface area contributed by atoms with Crippen molar-refractivity contribution in [3.05, 3.63) is 18.0 Å². The van der Waals surface area contributed by atoms with Crippen molar-refractivity contribution >= 4 is 17.7 Å². The molecule has 2 aliphatic heterocycles. The van der Waals surface area contributed by atoms with E-state index >= 15 is 0 Å². The Balaban J connectivity index is 1.57. The van der Waals surface area contributed by atoms with E-state index in [1.165, 1.54) is 0 Å². The van der Waals surface area contributed by atoms with Crippen molar-refractivity contribution in [2.24, 2.45) is 5.41 Å². The molecule has 0 aliphatic carbocycles. The summed E-state index contributed by atoms with van der Waals surface area (Å²) < 4.78 is 0. The van der Waals surface area contributed by atoms with Gasteiger partial charge in [-0.15, -0.1) is 0 Å². The number of carbonyl (C=O) groups is 1. The molecule has 0 saturated carbocycles. The molecule has 1 N–H and O–H groups in total. The zero-order chi connectivity index (χ0) is 17.2. The van der Waals surface area contributed by atoms with E-state index in [1.54, 1.807) is 18.7 Å². The maximum Gasteiger partial charge on any atom is 0.219 e. The van der Waals surface area contributed by atoms with Crippen LogP contribution in [0.15, 0.2) is 17.6 Å². The summed E-state index contributed by atoms with van der Waals surface area (Å²) in [5.41, 5.74) is 1.22. The number of aliphatic hydroxyl groups excluding tert-OH is 1. The number of piperidine rings is 2. The Hall–Kier alpha value is -1.18. The van der Waals surface area contributed by atoms with Crippen LogP contribution in [0.25, 0.3) is 0 Å². The molecule has 1 unspecified atom stereocenters. The molecule has 3 rings (SSSR count). The molecule has 6 nitrogen and oxygen atoms in total. The number of hydrogen-bond acceptors (Lipinski definition) is 6. The first-order valence-corrected chi connectivity index (χ1v) is 9.73. The molecule has 24 heavy (non-hydrogen) atoms. The lowest BCUT2D eigenvalue weighted by Crippen LogP contribution is -2.54. The Morgan fingerprint density at radius 1 is 1.38 bits per heavy atom. The highest BCUT2D eigenvalue weighted by Crippen LogP contribution is 2.40. The summed E-state index contributed by atoms with van der Waals surface area (Å²) in [4.78, 5) is 24.6. The van der Waals surface area contributed by atoms with Crippen molar-refractivity contribution in [3.63, 3.8) is 0 Å². The molecule has 1 amide bonds. The molecule has 0 radical (unpaired) electrons. The third kappa shape index (κ3) is 4.07. The summed E-state index contributed by atoms with van der Waals surface area (Å²) in [5, 5.41) is 11.0. The van der Waals surface area contributed by atoms with Crippen molar-refractivity contribution in [1.82, 2.24) is 19.8 Å². The highest BCUT2D eigenvalue weighted by atomic mass is 32.2. The van der Waals surface area contributed by atoms with Crippen LogP contribution in [0.2, 0.25) is 0 Å². The van der Waals surface area contributed by atoms with E-state index in [-0.39, 0.29) is 17.4 Å². The van der Waals surface area contributed by atoms with Gasteiger partial charge in [0.05, 0.1) is 6.10 Å². The maximum atomic E-state index is 11.7. The number of amides is 1. The monoisotopic (exact) mass is 350 g/mol. The van der Waals surface area contributed by atoms with Gasteiger partial charge in [-0.05, 0) is 44.0 Å². The molecular weight excluding hydrogens is 324 g/mol. The van der Waals surface area contributed by atoms with Crippen molar-refractivity contribution in [1.29, 1.82) is 0 Å². The Labute approximate surface area is 147 Å². The van der Waals surface area contributed by atoms with Crippen molar-refractivity contribution < 1.29 is 9.90 Å². The first kappa shape index (κ1) is 17.6. The molecule has 2 aliphatic rings. The van der Waals surface area contributed by atoms with E-state index in [0.29, 0.717) is 6.54 Å². The second kappa shape index (κ2) is 7.37. The number of hydrogen-bond donors (Lipinski definition) is 1. The fourth-order valence-corrected chi connectivity index (χ4v) is 4.24. The Morgan fingerprint density at radius 3 is 2.62 bits per heavy atom. The van der Waals surface area contributed by atoms with Gasteiger partial charge < -0.3 is 10.0 Å². The quantitative estimate of drug-likeness (QED) is 0.656. The lowest BCUT2D eigenvalue weighted by molar-refractivity contribution is -0.138. The minimum atomic E-state index is -0.387. The number of aromatic nitrogens is 2. The highest BCUT2D eigenvalue weighted by Gasteiger charge is 2.42. The summed E-state index contributed by atoms with van der Waals surface area (Å²) >= 11 is 1.55. The SMILES string of the molecule is CSc1ncc(CN2CCC3(CC2)CC(O)CN(C(C)=O)C3)cn1. The normalized spacial score (nSPS) is 24.3. The maximum absolute atomic E-state index is 11.7. The Morgan fingerprint density at radius 2 is 2.04 bits per heavy atom. The van der Waals surface area contributed by atoms with Crippen LogP contribution < -0.4 is 0 Å². The third-order valence-corrected chi connectivity index (χ3v) is 5.83. The fourth-order valence-electron chi connectivity index (χ4n) is 3.93. The second-order valence-electron chi connectivity index (χ2n) is 7.11. The van der Waals surface area contributed by atoms with Crippen molar-refractivity contribution in [2.45, 2.75) is 44.0 Å². The van der Waals surface area contributed by atoms with Gasteiger partial charge in [0, 0.05) is 44.5 Å². The first-order valence-electron chi connectivity index (χ1n) is 8.50. The minimum Gasteiger partial charge on any atom is -0.391 e. The van der Waals surface area contributed by atoms with Gasteiger partial charge in [-0.1, -0.05) is 11.8 Å². The molecule has 2 fully saturated rings. The zero-order valence-electron chi connectivity index (χ0n) is 14.4. The summed E-state index contributed by atoms with van der Waals surface area (Å²) in [7, 11) is 0. The number of β-amino-alcohol motifs (C(OH)–C–C–N with tert-alkyl or cyclic N) is 1. The van der Waals surface area contributed by atoms with Crippen molar-refractivity contribution in [3.8, 4) is 0 Å². The van der Waals surface area contributed by atoms with E-state index in [0.717, 1.165) is 56.2 Å². The van der Waals surface area contributed by atoms with Crippen LogP contribution in [0.5, 0.6) is 0 Å². The summed E-state index contributed by atoms with van der Waals surface area (Å²) in [5.74, 6) is 0.0709. The van der Waals surface area contributed by atoms with Crippen LogP contribution >= 0.6 is 11.8 Å².